The number of hydrogen-bond donors (Lipinski definition) is 2. The van der Waals surface area contributed by atoms with Crippen molar-refractivity contribution >= 4 is 17.5 Å². The van der Waals surface area contributed by atoms with Gasteiger partial charge < -0.3 is 10.6 Å². The molecule has 2 aromatic rings. The molecule has 0 bridgehead atoms. The van der Waals surface area contributed by atoms with Crippen LogP contribution in [0.3, 0.4) is 0 Å². The highest BCUT2D eigenvalue weighted by molar-refractivity contribution is 5.56. The second-order valence-corrected chi connectivity index (χ2v) is 6.04. The normalized spacial score (nSPS) is 11.2. The van der Waals surface area contributed by atoms with Crippen molar-refractivity contribution < 1.29 is 0 Å². The quantitative estimate of drug-likeness (QED) is 0.895. The first kappa shape index (κ1) is 14.2. The number of nitrogens with zero attached hydrogens (tertiary/aromatic N) is 3. The van der Waals surface area contributed by atoms with E-state index in [2.05, 4.69) is 78.6 Å². The Hall–Kier alpha value is -2.17. The average molecular weight is 271 g/mol. The third-order valence-electron chi connectivity index (χ3n) is 2.54. The molecule has 5 heteroatoms. The second-order valence-electron chi connectivity index (χ2n) is 6.04. The first-order chi connectivity index (χ1) is 9.32. The molecular formula is C15H21N5. The summed E-state index contributed by atoms with van der Waals surface area (Å²) < 4.78 is 0. The Morgan fingerprint density at radius 3 is 2.25 bits per heavy atom. The maximum Gasteiger partial charge on any atom is 0.249 e. The van der Waals surface area contributed by atoms with Crippen LogP contribution in [0.5, 0.6) is 0 Å². The zero-order valence-corrected chi connectivity index (χ0v) is 12.7. The van der Waals surface area contributed by atoms with E-state index in [0.29, 0.717) is 11.8 Å². The zero-order valence-electron chi connectivity index (χ0n) is 12.7. The Morgan fingerprint density at radius 1 is 1.00 bits per heavy atom. The van der Waals surface area contributed by atoms with Crippen molar-refractivity contribution in [2.24, 2.45) is 0 Å². The van der Waals surface area contributed by atoms with Gasteiger partial charge in [-0.05, 0) is 57.9 Å². The number of aryl methyl sites for hydroxylation is 2. The summed E-state index contributed by atoms with van der Waals surface area (Å²) in [5.41, 5.74) is 3.30. The maximum atomic E-state index is 4.42. The molecule has 20 heavy (non-hydrogen) atoms. The van der Waals surface area contributed by atoms with E-state index >= 15 is 0 Å². The van der Waals surface area contributed by atoms with E-state index in [1.165, 1.54) is 11.1 Å². The Labute approximate surface area is 119 Å². The molecule has 5 nitrogen and oxygen atoms in total. The predicted octanol–water partition coefficient (Wildman–Crippen LogP) is 3.44. The molecule has 2 N–H and O–H groups in total. The van der Waals surface area contributed by atoms with Gasteiger partial charge in [0.1, 0.15) is 0 Å². The van der Waals surface area contributed by atoms with Gasteiger partial charge in [0.05, 0.1) is 6.20 Å². The molecular weight excluding hydrogens is 250 g/mol. The molecule has 1 heterocycles. The lowest BCUT2D eigenvalue weighted by Gasteiger charge is -2.20. The zero-order chi connectivity index (χ0) is 14.8. The smallest absolute Gasteiger partial charge is 0.249 e. The summed E-state index contributed by atoms with van der Waals surface area (Å²) in [6.45, 7) is 10.4. The number of rotatable bonds is 3. The summed E-state index contributed by atoms with van der Waals surface area (Å²) in [6, 6.07) is 6.24. The van der Waals surface area contributed by atoms with Gasteiger partial charge in [0, 0.05) is 11.2 Å². The lowest BCUT2D eigenvalue weighted by atomic mass is 10.1. The molecule has 0 aliphatic heterocycles. The van der Waals surface area contributed by atoms with Gasteiger partial charge in [-0.3, -0.25) is 0 Å². The molecule has 106 valence electrons. The average Bonchev–Trinajstić information content (AvgIpc) is 2.25. The van der Waals surface area contributed by atoms with E-state index in [1.807, 2.05) is 0 Å². The van der Waals surface area contributed by atoms with Crippen molar-refractivity contribution in [1.82, 2.24) is 15.2 Å². The summed E-state index contributed by atoms with van der Waals surface area (Å²) in [4.78, 5) is 4.42. The Morgan fingerprint density at radius 2 is 1.65 bits per heavy atom. The van der Waals surface area contributed by atoms with E-state index < -0.39 is 0 Å². The van der Waals surface area contributed by atoms with Crippen LogP contribution in [0.1, 0.15) is 31.9 Å². The molecule has 0 fully saturated rings. The fraction of sp³-hybridized carbons (Fsp3) is 0.400. The minimum Gasteiger partial charge on any atom is -0.364 e. The van der Waals surface area contributed by atoms with Gasteiger partial charge in [0.2, 0.25) is 5.95 Å². The van der Waals surface area contributed by atoms with Crippen molar-refractivity contribution in [2.45, 2.75) is 40.2 Å². The highest BCUT2D eigenvalue weighted by atomic mass is 15.3. The lowest BCUT2D eigenvalue weighted by molar-refractivity contribution is 0.629. The van der Waals surface area contributed by atoms with Crippen molar-refractivity contribution in [1.29, 1.82) is 0 Å². The summed E-state index contributed by atoms with van der Waals surface area (Å²) >= 11 is 0. The van der Waals surface area contributed by atoms with Crippen LogP contribution in [0, 0.1) is 13.8 Å². The van der Waals surface area contributed by atoms with E-state index in [1.54, 1.807) is 6.20 Å². The standard InChI is InChI=1S/C15H21N5/c1-10-6-11(2)8-12(7-10)17-14-18-13(9-16-20-14)19-15(3,4)5/h6-9H,1-5H3,(H2,17,18,19,20). The molecule has 2 rings (SSSR count). The highest BCUT2D eigenvalue weighted by Gasteiger charge is 2.11. The molecule has 1 aromatic carbocycles. The van der Waals surface area contributed by atoms with E-state index in [0.717, 1.165) is 5.69 Å². The molecule has 0 aliphatic rings. The van der Waals surface area contributed by atoms with Crippen LogP contribution in [0.15, 0.2) is 24.4 Å². The van der Waals surface area contributed by atoms with E-state index in [-0.39, 0.29) is 5.54 Å². The van der Waals surface area contributed by atoms with Gasteiger partial charge in [-0.1, -0.05) is 6.07 Å². The topological polar surface area (TPSA) is 62.7 Å². The summed E-state index contributed by atoms with van der Waals surface area (Å²) in [5, 5.41) is 14.4. The van der Waals surface area contributed by atoms with Crippen LogP contribution >= 0.6 is 0 Å². The van der Waals surface area contributed by atoms with Crippen LogP contribution in [0.25, 0.3) is 0 Å². The van der Waals surface area contributed by atoms with Gasteiger partial charge in [-0.2, -0.15) is 10.1 Å². The SMILES string of the molecule is Cc1cc(C)cc(Nc2nncc(NC(C)(C)C)n2)c1. The minimum atomic E-state index is -0.0623. The lowest BCUT2D eigenvalue weighted by Crippen LogP contribution is -2.27. The van der Waals surface area contributed by atoms with Crippen LogP contribution in [-0.4, -0.2) is 20.7 Å². The van der Waals surface area contributed by atoms with Crippen LogP contribution < -0.4 is 10.6 Å². The number of benzene rings is 1. The number of anilines is 3. The highest BCUT2D eigenvalue weighted by Crippen LogP contribution is 2.18. The number of nitrogens with one attached hydrogen (secondary N) is 2. The summed E-state index contributed by atoms with van der Waals surface area (Å²) in [6.07, 6.45) is 1.62. The first-order valence-corrected chi connectivity index (χ1v) is 6.65. The molecule has 0 saturated carbocycles. The predicted molar refractivity (Wildman–Crippen MR) is 82.4 cm³/mol. The minimum absolute atomic E-state index is 0.0623. The van der Waals surface area contributed by atoms with Crippen molar-refractivity contribution in [3.05, 3.63) is 35.5 Å². The largest absolute Gasteiger partial charge is 0.364 e. The summed E-state index contributed by atoms with van der Waals surface area (Å²) in [5.74, 6) is 1.20. The Balaban J connectivity index is 2.19. The van der Waals surface area contributed by atoms with Gasteiger partial charge in [0.15, 0.2) is 5.82 Å². The van der Waals surface area contributed by atoms with Crippen molar-refractivity contribution in [3.63, 3.8) is 0 Å². The fourth-order valence-corrected chi connectivity index (χ4v) is 1.98. The third kappa shape index (κ3) is 4.19. The monoisotopic (exact) mass is 271 g/mol. The molecule has 0 unspecified atom stereocenters. The van der Waals surface area contributed by atoms with Crippen molar-refractivity contribution in [2.75, 3.05) is 10.6 Å². The van der Waals surface area contributed by atoms with Crippen molar-refractivity contribution in [3.8, 4) is 0 Å². The maximum absolute atomic E-state index is 4.42. The molecule has 0 amide bonds. The fourth-order valence-electron chi connectivity index (χ4n) is 1.98. The molecule has 0 spiro atoms. The second kappa shape index (κ2) is 5.45. The van der Waals surface area contributed by atoms with Gasteiger partial charge >= 0.3 is 0 Å². The van der Waals surface area contributed by atoms with Gasteiger partial charge in [-0.15, -0.1) is 5.10 Å². The molecule has 0 atom stereocenters. The molecule has 0 aliphatic carbocycles. The van der Waals surface area contributed by atoms with Crippen LogP contribution in [0.4, 0.5) is 17.5 Å². The number of aromatic nitrogens is 3. The number of hydrogen-bond acceptors (Lipinski definition) is 5. The molecule has 0 radical (unpaired) electrons. The van der Waals surface area contributed by atoms with Crippen LogP contribution in [0.2, 0.25) is 0 Å². The van der Waals surface area contributed by atoms with Crippen LogP contribution in [-0.2, 0) is 0 Å². The van der Waals surface area contributed by atoms with Gasteiger partial charge in [-0.25, -0.2) is 0 Å². The summed E-state index contributed by atoms with van der Waals surface area (Å²) in [7, 11) is 0. The van der Waals surface area contributed by atoms with E-state index in [9.17, 15) is 0 Å². The third-order valence-corrected chi connectivity index (χ3v) is 2.54. The molecule has 0 saturated heterocycles. The van der Waals surface area contributed by atoms with Gasteiger partial charge in [0.25, 0.3) is 0 Å². The molecule has 1 aromatic heterocycles. The van der Waals surface area contributed by atoms with E-state index in [4.69, 9.17) is 0 Å². The Bertz CT molecular complexity index is 581. The Kier molecular flexibility index (Phi) is 3.88. The first-order valence-electron chi connectivity index (χ1n) is 6.65.